The van der Waals surface area contributed by atoms with Crippen LogP contribution in [0.15, 0.2) is 84.0 Å². The molecule has 174 valence electrons. The quantitative estimate of drug-likeness (QED) is 0.223. The fourth-order valence-corrected chi connectivity index (χ4v) is 4.55. The monoisotopic (exact) mass is 473 g/mol. The summed E-state index contributed by atoms with van der Waals surface area (Å²) in [6.45, 7) is 0.687. The van der Waals surface area contributed by atoms with E-state index in [-0.39, 0.29) is 5.78 Å². The highest BCUT2D eigenvalue weighted by Crippen LogP contribution is 2.28. The van der Waals surface area contributed by atoms with Crippen LogP contribution in [0.2, 0.25) is 0 Å². The van der Waals surface area contributed by atoms with Crippen LogP contribution in [0.4, 0.5) is 0 Å². The van der Waals surface area contributed by atoms with Crippen molar-refractivity contribution < 1.29 is 14.3 Å². The molecule has 0 aliphatic heterocycles. The summed E-state index contributed by atoms with van der Waals surface area (Å²) in [6, 6.07) is 25.5. The van der Waals surface area contributed by atoms with Gasteiger partial charge >= 0.3 is 0 Å². The van der Waals surface area contributed by atoms with Gasteiger partial charge in [0.05, 0.1) is 20.0 Å². The lowest BCUT2D eigenvalue weighted by atomic mass is 10.1. The number of carbonyl (C=O) groups is 1. The Balaban J connectivity index is 1.53. The second-order valence-corrected chi connectivity index (χ2v) is 8.67. The van der Waals surface area contributed by atoms with E-state index in [9.17, 15) is 4.79 Å². The average molecular weight is 474 g/mol. The molecule has 0 unspecified atom stereocenters. The van der Waals surface area contributed by atoms with Crippen molar-refractivity contribution in [2.75, 3.05) is 20.0 Å². The SMILES string of the molecule is COc1ccc(CCn2c(Cc3ccccc3)nnc2SCC(=O)c2ccccc2)cc1OC. The van der Waals surface area contributed by atoms with E-state index < -0.39 is 0 Å². The minimum absolute atomic E-state index is 0.0738. The third-order valence-corrected chi connectivity index (χ3v) is 6.47. The molecule has 4 aromatic rings. The van der Waals surface area contributed by atoms with Gasteiger partial charge in [-0.25, -0.2) is 0 Å². The van der Waals surface area contributed by atoms with Crippen LogP contribution < -0.4 is 9.47 Å². The number of benzene rings is 3. The fraction of sp³-hybridized carbons (Fsp3) is 0.222. The number of hydrogen-bond acceptors (Lipinski definition) is 6. The van der Waals surface area contributed by atoms with Crippen LogP contribution >= 0.6 is 11.8 Å². The lowest BCUT2D eigenvalue weighted by Crippen LogP contribution is -2.10. The van der Waals surface area contributed by atoms with Crippen LogP contribution in [-0.4, -0.2) is 40.5 Å². The summed E-state index contributed by atoms with van der Waals surface area (Å²) >= 11 is 1.43. The average Bonchev–Trinajstić information content (AvgIpc) is 3.27. The Labute approximate surface area is 203 Å². The molecular weight excluding hydrogens is 446 g/mol. The third kappa shape index (κ3) is 5.85. The normalized spacial score (nSPS) is 10.8. The Bertz CT molecular complexity index is 1230. The Morgan fingerprint density at radius 2 is 1.56 bits per heavy atom. The molecule has 4 rings (SSSR count). The molecule has 0 saturated heterocycles. The molecule has 34 heavy (non-hydrogen) atoms. The van der Waals surface area contributed by atoms with Crippen molar-refractivity contribution >= 4 is 17.5 Å². The molecule has 0 N–H and O–H groups in total. The maximum Gasteiger partial charge on any atom is 0.191 e. The highest BCUT2D eigenvalue weighted by Gasteiger charge is 2.16. The van der Waals surface area contributed by atoms with Gasteiger partial charge in [0, 0.05) is 18.5 Å². The second-order valence-electron chi connectivity index (χ2n) is 7.73. The number of aromatic nitrogens is 3. The molecule has 6 nitrogen and oxygen atoms in total. The molecule has 1 aromatic heterocycles. The first kappa shape index (κ1) is 23.6. The Hall–Kier alpha value is -3.58. The van der Waals surface area contributed by atoms with Crippen LogP contribution in [0.25, 0.3) is 0 Å². The zero-order valence-corrected chi connectivity index (χ0v) is 20.1. The third-order valence-electron chi connectivity index (χ3n) is 5.50. The first-order valence-electron chi connectivity index (χ1n) is 11.1. The molecule has 0 amide bonds. The summed E-state index contributed by atoms with van der Waals surface area (Å²) in [5, 5.41) is 9.65. The molecule has 0 radical (unpaired) electrons. The Morgan fingerprint density at radius 3 is 2.26 bits per heavy atom. The predicted octanol–water partition coefficient (Wildman–Crippen LogP) is 5.10. The van der Waals surface area contributed by atoms with E-state index >= 15 is 0 Å². The Kier molecular flexibility index (Phi) is 7.99. The van der Waals surface area contributed by atoms with E-state index in [2.05, 4.69) is 26.9 Å². The number of rotatable bonds is 11. The fourth-order valence-electron chi connectivity index (χ4n) is 3.67. The summed E-state index contributed by atoms with van der Waals surface area (Å²) in [5.41, 5.74) is 2.99. The predicted molar refractivity (Wildman–Crippen MR) is 134 cm³/mol. The van der Waals surface area contributed by atoms with Crippen molar-refractivity contribution in [2.45, 2.75) is 24.5 Å². The standard InChI is InChI=1S/C27H27N3O3S/c1-32-24-14-13-21(17-25(24)33-2)15-16-30-26(18-20-9-5-3-6-10-20)28-29-27(30)34-19-23(31)22-11-7-4-8-12-22/h3-14,17H,15-16,18-19H2,1-2H3. The summed E-state index contributed by atoms with van der Waals surface area (Å²) in [4.78, 5) is 12.6. The summed E-state index contributed by atoms with van der Waals surface area (Å²) in [6.07, 6.45) is 1.44. The second kappa shape index (κ2) is 11.5. The van der Waals surface area contributed by atoms with Gasteiger partial charge in [-0.15, -0.1) is 10.2 Å². The zero-order valence-electron chi connectivity index (χ0n) is 19.3. The Morgan fingerprint density at radius 1 is 0.853 bits per heavy atom. The highest BCUT2D eigenvalue weighted by molar-refractivity contribution is 7.99. The smallest absolute Gasteiger partial charge is 0.191 e. The number of carbonyl (C=O) groups excluding carboxylic acids is 1. The van der Waals surface area contributed by atoms with Gasteiger partial charge in [-0.1, -0.05) is 78.5 Å². The molecule has 0 spiro atoms. The lowest BCUT2D eigenvalue weighted by Gasteiger charge is -2.12. The van der Waals surface area contributed by atoms with Crippen LogP contribution in [0.5, 0.6) is 11.5 Å². The van der Waals surface area contributed by atoms with Crippen molar-refractivity contribution in [3.63, 3.8) is 0 Å². The largest absolute Gasteiger partial charge is 0.493 e. The molecular formula is C27H27N3O3S. The number of ether oxygens (including phenoxy) is 2. The van der Waals surface area contributed by atoms with Gasteiger partial charge in [-0.05, 0) is 29.7 Å². The van der Waals surface area contributed by atoms with Crippen LogP contribution in [0.3, 0.4) is 0 Å². The molecule has 0 saturated carbocycles. The molecule has 0 aliphatic carbocycles. The van der Waals surface area contributed by atoms with Crippen LogP contribution in [0.1, 0.15) is 27.3 Å². The first-order chi connectivity index (χ1) is 16.7. The minimum Gasteiger partial charge on any atom is -0.493 e. The molecule has 0 bridgehead atoms. The molecule has 0 atom stereocenters. The van der Waals surface area contributed by atoms with Crippen LogP contribution in [-0.2, 0) is 19.4 Å². The topological polar surface area (TPSA) is 66.2 Å². The first-order valence-corrected chi connectivity index (χ1v) is 12.0. The van der Waals surface area contributed by atoms with E-state index in [4.69, 9.17) is 9.47 Å². The highest BCUT2D eigenvalue weighted by atomic mass is 32.2. The van der Waals surface area contributed by atoms with E-state index in [1.165, 1.54) is 17.3 Å². The number of hydrogen-bond donors (Lipinski definition) is 0. The zero-order chi connectivity index (χ0) is 23.8. The van der Waals surface area contributed by atoms with Crippen molar-refractivity contribution in [1.82, 2.24) is 14.8 Å². The maximum atomic E-state index is 12.6. The van der Waals surface area contributed by atoms with E-state index in [1.54, 1.807) is 14.2 Å². The molecule has 1 heterocycles. The van der Waals surface area contributed by atoms with Gasteiger partial charge in [0.2, 0.25) is 0 Å². The number of methoxy groups -OCH3 is 2. The molecule has 0 aliphatic rings. The number of Topliss-reactive ketones (excluding diaryl/α,β-unsaturated/α-hetero) is 1. The van der Waals surface area contributed by atoms with Gasteiger partial charge in [0.25, 0.3) is 0 Å². The van der Waals surface area contributed by atoms with Gasteiger partial charge in [0.15, 0.2) is 22.4 Å². The van der Waals surface area contributed by atoms with Crippen molar-refractivity contribution in [2.24, 2.45) is 0 Å². The molecule has 3 aromatic carbocycles. The van der Waals surface area contributed by atoms with Crippen molar-refractivity contribution in [1.29, 1.82) is 0 Å². The van der Waals surface area contributed by atoms with Crippen LogP contribution in [0, 0.1) is 0 Å². The van der Waals surface area contributed by atoms with Crippen molar-refractivity contribution in [3.05, 3.63) is 101 Å². The summed E-state index contributed by atoms with van der Waals surface area (Å²) < 4.78 is 12.9. The summed E-state index contributed by atoms with van der Waals surface area (Å²) in [7, 11) is 3.27. The number of thioether (sulfide) groups is 1. The molecule has 7 heteroatoms. The van der Waals surface area contributed by atoms with Gasteiger partial charge in [-0.3, -0.25) is 4.79 Å². The van der Waals surface area contributed by atoms with Gasteiger partial charge in [-0.2, -0.15) is 0 Å². The van der Waals surface area contributed by atoms with E-state index in [1.807, 2.05) is 66.7 Å². The van der Waals surface area contributed by atoms with Gasteiger partial charge < -0.3 is 14.0 Å². The number of ketones is 1. The van der Waals surface area contributed by atoms with E-state index in [0.717, 1.165) is 23.0 Å². The molecule has 0 fully saturated rings. The number of aryl methyl sites for hydroxylation is 1. The lowest BCUT2D eigenvalue weighted by molar-refractivity contribution is 0.102. The maximum absolute atomic E-state index is 12.6. The van der Waals surface area contributed by atoms with Gasteiger partial charge in [0.1, 0.15) is 5.82 Å². The number of nitrogens with zero attached hydrogens (tertiary/aromatic N) is 3. The van der Waals surface area contributed by atoms with E-state index in [0.29, 0.717) is 35.8 Å². The summed E-state index contributed by atoms with van der Waals surface area (Å²) in [5.74, 6) is 2.67. The minimum atomic E-state index is 0.0738. The van der Waals surface area contributed by atoms with Crippen molar-refractivity contribution in [3.8, 4) is 11.5 Å².